The van der Waals surface area contributed by atoms with Crippen LogP contribution in [-0.2, 0) is 0 Å². The van der Waals surface area contributed by atoms with Crippen molar-refractivity contribution in [3.63, 3.8) is 0 Å². The lowest BCUT2D eigenvalue weighted by molar-refractivity contribution is 0.102. The molecule has 0 aliphatic heterocycles. The molecule has 0 N–H and O–H groups in total. The van der Waals surface area contributed by atoms with Crippen LogP contribution in [0.5, 0.6) is 0 Å². The minimum absolute atomic E-state index is 0.105. The molecule has 1 aromatic carbocycles. The number of rotatable bonds is 2. The molecule has 0 bridgehead atoms. The van der Waals surface area contributed by atoms with Crippen LogP contribution in [0.15, 0.2) is 12.1 Å². The number of hydrogen-bond donors (Lipinski definition) is 0. The van der Waals surface area contributed by atoms with E-state index in [9.17, 15) is 4.79 Å². The van der Waals surface area contributed by atoms with Crippen LogP contribution in [-0.4, -0.2) is 11.1 Å². The van der Waals surface area contributed by atoms with Crippen molar-refractivity contribution in [3.05, 3.63) is 31.3 Å². The van der Waals surface area contributed by atoms with Gasteiger partial charge in [0.2, 0.25) is 0 Å². The van der Waals surface area contributed by atoms with E-state index in [1.807, 2.05) is 0 Å². The molecule has 0 saturated heterocycles. The molecular weight excluding hydrogens is 390 g/mol. The number of halogens is 4. The van der Waals surface area contributed by atoms with E-state index in [-0.39, 0.29) is 11.1 Å². The van der Waals surface area contributed by atoms with Gasteiger partial charge in [-0.3, -0.25) is 4.79 Å². The number of ketones is 1. The SMILES string of the molecule is O=C(CBr)c1c(Cl)cc(I)cc1Cl. The van der Waals surface area contributed by atoms with Crippen LogP contribution in [0.1, 0.15) is 10.4 Å². The van der Waals surface area contributed by atoms with Crippen molar-refractivity contribution >= 4 is 67.5 Å². The molecule has 13 heavy (non-hydrogen) atoms. The van der Waals surface area contributed by atoms with Crippen molar-refractivity contribution in [3.8, 4) is 0 Å². The van der Waals surface area contributed by atoms with Gasteiger partial charge >= 0.3 is 0 Å². The molecule has 0 aliphatic carbocycles. The van der Waals surface area contributed by atoms with Gasteiger partial charge in [-0.05, 0) is 34.7 Å². The highest BCUT2D eigenvalue weighted by molar-refractivity contribution is 14.1. The van der Waals surface area contributed by atoms with E-state index in [1.165, 1.54) is 0 Å². The lowest BCUT2D eigenvalue weighted by atomic mass is 10.1. The summed E-state index contributed by atoms with van der Waals surface area (Å²) in [5.41, 5.74) is 0.389. The lowest BCUT2D eigenvalue weighted by Crippen LogP contribution is -2.02. The van der Waals surface area contributed by atoms with Gasteiger partial charge < -0.3 is 0 Å². The minimum atomic E-state index is -0.105. The van der Waals surface area contributed by atoms with Gasteiger partial charge in [0.05, 0.1) is 20.9 Å². The first-order chi connectivity index (χ1) is 6.06. The zero-order valence-electron chi connectivity index (χ0n) is 6.28. The van der Waals surface area contributed by atoms with Crippen LogP contribution in [0.3, 0.4) is 0 Å². The van der Waals surface area contributed by atoms with E-state index in [1.54, 1.807) is 12.1 Å². The summed E-state index contributed by atoms with van der Waals surface area (Å²) in [6.07, 6.45) is 0. The average molecular weight is 394 g/mol. The van der Waals surface area contributed by atoms with Crippen LogP contribution in [0.4, 0.5) is 0 Å². The molecule has 0 spiro atoms. The zero-order valence-corrected chi connectivity index (χ0v) is 11.5. The molecule has 0 aliphatic rings. The van der Waals surface area contributed by atoms with Gasteiger partial charge in [0.1, 0.15) is 0 Å². The molecule has 0 fully saturated rings. The lowest BCUT2D eigenvalue weighted by Gasteiger charge is -2.04. The van der Waals surface area contributed by atoms with Gasteiger partial charge in [-0.2, -0.15) is 0 Å². The topological polar surface area (TPSA) is 17.1 Å². The standard InChI is InChI=1S/C8H4BrCl2IO/c9-3-7(13)8-5(10)1-4(12)2-6(8)11/h1-2H,3H2. The summed E-state index contributed by atoms with van der Waals surface area (Å²) in [6, 6.07) is 3.42. The van der Waals surface area contributed by atoms with Crippen molar-refractivity contribution in [1.82, 2.24) is 0 Å². The molecule has 1 rings (SSSR count). The summed E-state index contributed by atoms with van der Waals surface area (Å²) in [6.45, 7) is 0. The van der Waals surface area contributed by atoms with Crippen LogP contribution in [0, 0.1) is 3.57 Å². The van der Waals surface area contributed by atoms with E-state index < -0.39 is 0 Å². The summed E-state index contributed by atoms with van der Waals surface area (Å²) < 4.78 is 0.915. The normalized spacial score (nSPS) is 10.2. The minimum Gasteiger partial charge on any atom is -0.293 e. The van der Waals surface area contributed by atoms with Crippen molar-refractivity contribution < 1.29 is 4.79 Å². The van der Waals surface area contributed by atoms with Gasteiger partial charge in [0.15, 0.2) is 5.78 Å². The molecule has 0 amide bonds. The Hall–Kier alpha value is 0.680. The molecule has 0 unspecified atom stereocenters. The Morgan fingerprint density at radius 3 is 2.23 bits per heavy atom. The Labute approximate surface area is 108 Å². The fourth-order valence-electron chi connectivity index (χ4n) is 0.875. The molecule has 70 valence electrons. The van der Waals surface area contributed by atoms with Crippen LogP contribution >= 0.6 is 61.7 Å². The second kappa shape index (κ2) is 4.96. The van der Waals surface area contributed by atoms with Crippen molar-refractivity contribution in [2.24, 2.45) is 0 Å². The fraction of sp³-hybridized carbons (Fsp3) is 0.125. The Balaban J connectivity index is 3.28. The van der Waals surface area contributed by atoms with Crippen LogP contribution in [0.2, 0.25) is 10.0 Å². The molecular formula is C8H4BrCl2IO. The molecule has 0 heterocycles. The summed E-state index contributed by atoms with van der Waals surface area (Å²) in [5, 5.41) is 1.04. The molecule has 0 aromatic heterocycles. The molecule has 1 nitrogen and oxygen atoms in total. The van der Waals surface area contributed by atoms with Gasteiger partial charge in [-0.15, -0.1) is 0 Å². The van der Waals surface area contributed by atoms with Crippen molar-refractivity contribution in [2.45, 2.75) is 0 Å². The third-order valence-corrected chi connectivity index (χ3v) is 3.14. The Morgan fingerprint density at radius 2 is 1.85 bits per heavy atom. The highest BCUT2D eigenvalue weighted by Gasteiger charge is 2.14. The quantitative estimate of drug-likeness (QED) is 0.418. The van der Waals surface area contributed by atoms with Gasteiger partial charge in [0, 0.05) is 3.57 Å². The number of alkyl halides is 1. The largest absolute Gasteiger partial charge is 0.293 e. The first kappa shape index (κ1) is 11.8. The van der Waals surface area contributed by atoms with Crippen molar-refractivity contribution in [1.29, 1.82) is 0 Å². The summed E-state index contributed by atoms with van der Waals surface area (Å²) >= 11 is 16.9. The number of carbonyl (C=O) groups is 1. The summed E-state index contributed by atoms with van der Waals surface area (Å²) in [5.74, 6) is -0.105. The number of Topliss-reactive ketones (excluding diaryl/α,β-unsaturated/α-hetero) is 1. The maximum absolute atomic E-state index is 11.3. The van der Waals surface area contributed by atoms with E-state index >= 15 is 0 Å². The summed E-state index contributed by atoms with van der Waals surface area (Å²) in [4.78, 5) is 11.3. The Kier molecular flexibility index (Phi) is 4.48. The molecule has 1 aromatic rings. The van der Waals surface area contributed by atoms with E-state index in [0.717, 1.165) is 3.57 Å². The van der Waals surface area contributed by atoms with Crippen molar-refractivity contribution in [2.75, 3.05) is 5.33 Å². The number of hydrogen-bond acceptors (Lipinski definition) is 1. The van der Waals surface area contributed by atoms with E-state index in [2.05, 4.69) is 38.5 Å². The molecule has 5 heteroatoms. The van der Waals surface area contributed by atoms with Crippen LogP contribution in [0.25, 0.3) is 0 Å². The smallest absolute Gasteiger partial charge is 0.176 e. The summed E-state index contributed by atoms with van der Waals surface area (Å²) in [7, 11) is 0. The van der Waals surface area contributed by atoms with Gasteiger partial charge in [-0.25, -0.2) is 0 Å². The molecule has 0 saturated carbocycles. The van der Waals surface area contributed by atoms with Crippen LogP contribution < -0.4 is 0 Å². The maximum atomic E-state index is 11.3. The third kappa shape index (κ3) is 2.81. The Morgan fingerprint density at radius 1 is 1.38 bits per heavy atom. The third-order valence-electron chi connectivity index (χ3n) is 1.41. The monoisotopic (exact) mass is 392 g/mol. The second-order valence-corrected chi connectivity index (χ2v) is 4.92. The highest BCUT2D eigenvalue weighted by atomic mass is 127. The predicted molar refractivity (Wildman–Crippen MR) is 67.3 cm³/mol. The zero-order chi connectivity index (χ0) is 10.0. The number of carbonyl (C=O) groups excluding carboxylic acids is 1. The molecule has 0 radical (unpaired) electrons. The Bertz CT molecular complexity index is 331. The second-order valence-electron chi connectivity index (χ2n) is 2.30. The van der Waals surface area contributed by atoms with E-state index in [0.29, 0.717) is 15.6 Å². The van der Waals surface area contributed by atoms with E-state index in [4.69, 9.17) is 23.2 Å². The predicted octanol–water partition coefficient (Wildman–Crippen LogP) is 4.18. The number of benzene rings is 1. The fourth-order valence-corrected chi connectivity index (χ4v) is 2.84. The first-order valence-electron chi connectivity index (χ1n) is 3.30. The van der Waals surface area contributed by atoms with Gasteiger partial charge in [-0.1, -0.05) is 39.1 Å². The average Bonchev–Trinajstić information content (AvgIpc) is 2.02. The molecule has 0 atom stereocenters. The maximum Gasteiger partial charge on any atom is 0.176 e. The van der Waals surface area contributed by atoms with Gasteiger partial charge in [0.25, 0.3) is 0 Å². The first-order valence-corrected chi connectivity index (χ1v) is 6.25. The highest BCUT2D eigenvalue weighted by Crippen LogP contribution is 2.28.